The third-order valence-electron chi connectivity index (χ3n) is 7.60. The van der Waals surface area contributed by atoms with Crippen molar-refractivity contribution in [1.29, 1.82) is 0 Å². The van der Waals surface area contributed by atoms with Crippen LogP contribution in [-0.2, 0) is 0 Å². The van der Waals surface area contributed by atoms with Crippen molar-refractivity contribution in [2.24, 2.45) is 0 Å². The van der Waals surface area contributed by atoms with Crippen LogP contribution in [0.3, 0.4) is 0 Å². The lowest BCUT2D eigenvalue weighted by Gasteiger charge is -2.27. The highest BCUT2D eigenvalue weighted by molar-refractivity contribution is 7.95. The summed E-state index contributed by atoms with van der Waals surface area (Å²) in [6.45, 7) is 0.736. The molecule has 0 amide bonds. The molecule has 0 unspecified atom stereocenters. The van der Waals surface area contributed by atoms with Gasteiger partial charge >= 0.3 is 17.0 Å². The summed E-state index contributed by atoms with van der Waals surface area (Å²) in [5.41, 5.74) is 0. The first-order valence-electron chi connectivity index (χ1n) is 14.7. The van der Waals surface area contributed by atoms with Crippen LogP contribution in [0.25, 0.3) is 0 Å². The highest BCUT2D eigenvalue weighted by Gasteiger charge is 2.44. The minimum Gasteiger partial charge on any atom is -0.493 e. The number of unbranched alkanes of at least 4 members (excludes halogenated alkanes) is 7. The van der Waals surface area contributed by atoms with Gasteiger partial charge in [-0.05, 0) is 67.8 Å². The summed E-state index contributed by atoms with van der Waals surface area (Å²) in [5, 5.41) is 4.47. The summed E-state index contributed by atoms with van der Waals surface area (Å²) in [5.74, 6) is 2.26. The van der Waals surface area contributed by atoms with Gasteiger partial charge in [-0.15, -0.1) is 0 Å². The zero-order valence-electron chi connectivity index (χ0n) is 24.5. The molecule has 3 nitrogen and oxygen atoms in total. The van der Waals surface area contributed by atoms with Gasteiger partial charge in [0, 0.05) is 6.07 Å². The Morgan fingerprint density at radius 3 is 1.39 bits per heavy atom. The molecule has 41 heavy (non-hydrogen) atoms. The van der Waals surface area contributed by atoms with Gasteiger partial charge in [0.25, 0.3) is 0 Å². The molecule has 0 heterocycles. The van der Waals surface area contributed by atoms with E-state index in [9.17, 15) is 0 Å². The molecule has 4 rings (SSSR count). The van der Waals surface area contributed by atoms with Crippen molar-refractivity contribution in [3.8, 4) is 17.2 Å². The Morgan fingerprint density at radius 1 is 0.488 bits per heavy atom. The van der Waals surface area contributed by atoms with Crippen LogP contribution in [0.2, 0.25) is 0 Å². The Kier molecular flexibility index (Phi) is 14.3. The molecule has 4 aromatic carbocycles. The lowest BCUT2D eigenvalue weighted by atomic mass is 10.1. The third-order valence-corrected chi connectivity index (χ3v) is 12.1. The number of hydrogen-bond acceptors (Lipinski definition) is 3. The first-order valence-corrected chi connectivity index (χ1v) is 16.6. The molecule has 0 bridgehead atoms. The van der Waals surface area contributed by atoms with Crippen molar-refractivity contribution in [2.45, 2.75) is 51.4 Å². The predicted molar refractivity (Wildman–Crippen MR) is 172 cm³/mol. The van der Waals surface area contributed by atoms with Crippen LogP contribution in [0.1, 0.15) is 51.4 Å². The van der Waals surface area contributed by atoms with Crippen LogP contribution in [0, 0.1) is 17.0 Å². The fourth-order valence-electron chi connectivity index (χ4n) is 5.49. The van der Waals surface area contributed by atoms with E-state index in [4.69, 9.17) is 14.2 Å². The average molecular weight is 636 g/mol. The molecule has 4 aromatic rings. The Balaban J connectivity index is 0.00000462. The molecule has 0 aliphatic rings. The number of rotatable bonds is 17. The predicted octanol–water partition coefficient (Wildman–Crippen LogP) is 8.20. The summed E-state index contributed by atoms with van der Waals surface area (Å²) in [6.07, 6.45) is 11.2. The molecule has 0 aliphatic carbocycles. The van der Waals surface area contributed by atoms with E-state index in [1.165, 1.54) is 67.0 Å². The van der Waals surface area contributed by atoms with Crippen LogP contribution >= 0.6 is 7.26 Å². The highest BCUT2D eigenvalue weighted by Crippen LogP contribution is 2.56. The largest absolute Gasteiger partial charge is 1.00 e. The van der Waals surface area contributed by atoms with Gasteiger partial charge in [-0.1, -0.05) is 86.7 Å². The second-order valence-corrected chi connectivity index (χ2v) is 13.8. The van der Waals surface area contributed by atoms with Gasteiger partial charge in [0.1, 0.15) is 28.9 Å². The number of benzene rings is 4. The standard InChI is InChI=1S/C36H44O3P.Br/c1-37-35-27-26-31(30-36(35)38-2)39-28-18-7-5-3-4-6-8-19-29-40(32-20-12-9-13-21-32,33-22-14-10-15-23-33)34-24-16-11-17-25-34;/h9-17,20-27,30H,3-8,18-19,28-29H2,1-2H3;/q2*+1. The van der Waals surface area contributed by atoms with Crippen LogP contribution in [0.4, 0.5) is 0 Å². The van der Waals surface area contributed by atoms with Gasteiger partial charge < -0.3 is 14.2 Å². The monoisotopic (exact) mass is 634 g/mol. The Morgan fingerprint density at radius 2 is 0.927 bits per heavy atom. The number of methoxy groups -OCH3 is 2. The molecule has 0 saturated carbocycles. The van der Waals surface area contributed by atoms with E-state index in [1.807, 2.05) is 18.2 Å². The first kappa shape index (κ1) is 32.7. The summed E-state index contributed by atoms with van der Waals surface area (Å²) in [4.78, 5) is 0. The van der Waals surface area contributed by atoms with Crippen LogP contribution in [0.15, 0.2) is 109 Å². The van der Waals surface area contributed by atoms with Crippen molar-refractivity contribution in [3.05, 3.63) is 109 Å². The molecule has 216 valence electrons. The van der Waals surface area contributed by atoms with E-state index in [0.717, 1.165) is 24.5 Å². The van der Waals surface area contributed by atoms with Gasteiger partial charge in [0.15, 0.2) is 11.5 Å². The lowest BCUT2D eigenvalue weighted by molar-refractivity contribution is -0.00000904. The topological polar surface area (TPSA) is 27.7 Å². The maximum absolute atomic E-state index is 5.92. The second kappa shape index (κ2) is 17.9. The molecule has 0 N–H and O–H groups in total. The molecule has 2 radical (unpaired) electrons. The van der Waals surface area contributed by atoms with Crippen molar-refractivity contribution in [1.82, 2.24) is 0 Å². The van der Waals surface area contributed by atoms with E-state index in [1.54, 1.807) is 14.2 Å². The Bertz CT molecular complexity index is 1160. The van der Waals surface area contributed by atoms with Gasteiger partial charge in [0.2, 0.25) is 0 Å². The maximum atomic E-state index is 5.92. The minimum absolute atomic E-state index is 0. The van der Waals surface area contributed by atoms with E-state index < -0.39 is 7.26 Å². The Hall–Kier alpha value is -2.81. The van der Waals surface area contributed by atoms with Crippen molar-refractivity contribution in [2.75, 3.05) is 27.0 Å². The molecule has 5 heteroatoms. The molecule has 0 fully saturated rings. The molecule has 0 aromatic heterocycles. The fraction of sp³-hybridized carbons (Fsp3) is 0.333. The second-order valence-electron chi connectivity index (χ2n) is 10.2. The quantitative estimate of drug-likeness (QED) is 0.0865. The van der Waals surface area contributed by atoms with E-state index in [0.29, 0.717) is 5.75 Å². The molecular formula is C36H44BrO3P+2. The number of halogens is 1. The zero-order chi connectivity index (χ0) is 27.9. The number of hydrogen-bond donors (Lipinski definition) is 0. The van der Waals surface area contributed by atoms with E-state index in [2.05, 4.69) is 91.0 Å². The maximum Gasteiger partial charge on any atom is 1.00 e. The van der Waals surface area contributed by atoms with Gasteiger partial charge in [-0.2, -0.15) is 0 Å². The molecular weight excluding hydrogens is 591 g/mol. The van der Waals surface area contributed by atoms with Crippen LogP contribution in [-0.4, -0.2) is 27.0 Å². The molecule has 0 atom stereocenters. The number of ether oxygens (including phenoxy) is 3. The van der Waals surface area contributed by atoms with Crippen molar-refractivity contribution >= 4 is 23.2 Å². The summed E-state index contributed by atoms with van der Waals surface area (Å²) in [7, 11) is 1.60. The zero-order valence-corrected chi connectivity index (χ0v) is 27.0. The summed E-state index contributed by atoms with van der Waals surface area (Å²) in [6, 6.07) is 39.4. The lowest BCUT2D eigenvalue weighted by Crippen LogP contribution is -2.33. The summed E-state index contributed by atoms with van der Waals surface area (Å²) >= 11 is 0. The summed E-state index contributed by atoms with van der Waals surface area (Å²) < 4.78 is 16.6. The fourth-order valence-corrected chi connectivity index (χ4v) is 9.90. The van der Waals surface area contributed by atoms with Crippen molar-refractivity contribution < 1.29 is 31.2 Å². The van der Waals surface area contributed by atoms with Crippen molar-refractivity contribution in [3.63, 3.8) is 0 Å². The first-order chi connectivity index (χ1) is 19.8. The van der Waals surface area contributed by atoms with Crippen LogP contribution < -0.4 is 30.1 Å². The third kappa shape index (κ3) is 9.09. The van der Waals surface area contributed by atoms with E-state index >= 15 is 0 Å². The average Bonchev–Trinajstić information content (AvgIpc) is 3.03. The Labute approximate surface area is 258 Å². The molecule has 0 spiro atoms. The van der Waals surface area contributed by atoms with Crippen LogP contribution in [0.5, 0.6) is 17.2 Å². The SMILES string of the molecule is COc1ccc(OCCCCCCCCCC[P+](c2ccccc2)(c2ccccc2)c2ccccc2)cc1OC.[Br+]. The van der Waals surface area contributed by atoms with Gasteiger partial charge in [0.05, 0.1) is 27.0 Å². The minimum atomic E-state index is -1.69. The molecule has 0 aliphatic heterocycles. The van der Waals surface area contributed by atoms with Gasteiger partial charge in [-0.25, -0.2) is 0 Å². The smallest absolute Gasteiger partial charge is 0.493 e. The van der Waals surface area contributed by atoms with E-state index in [-0.39, 0.29) is 17.0 Å². The van der Waals surface area contributed by atoms with Gasteiger partial charge in [-0.3, -0.25) is 0 Å². The molecule has 0 saturated heterocycles. The normalized spacial score (nSPS) is 11.0. The highest BCUT2D eigenvalue weighted by atomic mass is 79.9.